The van der Waals surface area contributed by atoms with E-state index in [0.29, 0.717) is 24.0 Å². The van der Waals surface area contributed by atoms with Crippen LogP contribution in [-0.2, 0) is 24.4 Å². The summed E-state index contributed by atoms with van der Waals surface area (Å²) in [5, 5.41) is 4.62. The molecule has 1 aromatic heterocycles. The number of aromatic nitrogens is 2. The Balaban J connectivity index is 1.74. The first kappa shape index (κ1) is 23.0. The van der Waals surface area contributed by atoms with Crippen molar-refractivity contribution in [3.8, 4) is 5.88 Å². The number of hydrogen-bond acceptors (Lipinski definition) is 4. The zero-order valence-corrected chi connectivity index (χ0v) is 18.7. The fraction of sp³-hybridized carbons (Fsp3) is 0.565. The molecule has 31 heavy (non-hydrogen) atoms. The third-order valence-corrected chi connectivity index (χ3v) is 5.19. The summed E-state index contributed by atoms with van der Waals surface area (Å²) in [4.78, 5) is 13.7. The average molecular weight is 436 g/mol. The number of nitrogens with zero attached hydrogens (tertiary/aromatic N) is 3. The molecule has 170 valence electrons. The van der Waals surface area contributed by atoms with Crippen LogP contribution < -0.4 is 4.74 Å². The van der Waals surface area contributed by atoms with Gasteiger partial charge in [-0.15, -0.1) is 0 Å². The van der Waals surface area contributed by atoms with Crippen molar-refractivity contribution in [1.82, 2.24) is 14.7 Å². The lowest BCUT2D eigenvalue weighted by molar-refractivity contribution is 0.0282. The van der Waals surface area contributed by atoms with E-state index in [0.717, 1.165) is 31.0 Å². The van der Waals surface area contributed by atoms with Gasteiger partial charge in [-0.25, -0.2) is 18.3 Å². The molecule has 1 heterocycles. The molecule has 1 fully saturated rings. The van der Waals surface area contributed by atoms with Crippen LogP contribution in [0.25, 0.3) is 0 Å². The second kappa shape index (κ2) is 9.66. The third kappa shape index (κ3) is 6.67. The first-order chi connectivity index (χ1) is 14.6. The van der Waals surface area contributed by atoms with Crippen LogP contribution in [0.2, 0.25) is 0 Å². The standard InChI is InChI=1S/C23H31F2N3O3/c1-23(2,3)31-22(29)27(4)14-19-12-21(28(26-19)13-16-7-5-6-8-16)30-15-17-11-18(24)9-10-20(17)25/h9-12,16H,5-8,13-15H2,1-4H3. The summed E-state index contributed by atoms with van der Waals surface area (Å²) in [7, 11) is 1.65. The van der Waals surface area contributed by atoms with Crippen LogP contribution in [0.15, 0.2) is 24.3 Å². The molecular formula is C23H31F2N3O3. The van der Waals surface area contributed by atoms with E-state index in [1.165, 1.54) is 17.7 Å². The van der Waals surface area contributed by atoms with Gasteiger partial charge in [-0.05, 0) is 57.7 Å². The van der Waals surface area contributed by atoms with Crippen molar-refractivity contribution in [3.63, 3.8) is 0 Å². The number of ether oxygens (including phenoxy) is 2. The summed E-state index contributed by atoms with van der Waals surface area (Å²) >= 11 is 0. The van der Waals surface area contributed by atoms with Crippen molar-refractivity contribution in [1.29, 1.82) is 0 Å². The second-order valence-corrected chi connectivity index (χ2v) is 9.17. The third-order valence-electron chi connectivity index (χ3n) is 5.19. The van der Waals surface area contributed by atoms with Gasteiger partial charge in [0.2, 0.25) is 5.88 Å². The van der Waals surface area contributed by atoms with Gasteiger partial charge in [0.1, 0.15) is 23.8 Å². The Bertz CT molecular complexity index is 902. The van der Waals surface area contributed by atoms with Gasteiger partial charge in [0, 0.05) is 25.2 Å². The van der Waals surface area contributed by atoms with Crippen LogP contribution in [0.1, 0.15) is 57.7 Å². The molecule has 0 bridgehead atoms. The van der Waals surface area contributed by atoms with Gasteiger partial charge < -0.3 is 14.4 Å². The van der Waals surface area contributed by atoms with Gasteiger partial charge in [-0.2, -0.15) is 5.10 Å². The molecular weight excluding hydrogens is 404 g/mol. The Morgan fingerprint density at radius 1 is 1.23 bits per heavy atom. The molecule has 2 aromatic rings. The molecule has 0 saturated heterocycles. The predicted octanol–water partition coefficient (Wildman–Crippen LogP) is 5.30. The number of benzene rings is 1. The number of rotatable bonds is 7. The number of carbonyl (C=O) groups is 1. The van der Waals surface area contributed by atoms with E-state index in [2.05, 4.69) is 5.10 Å². The highest BCUT2D eigenvalue weighted by atomic mass is 19.1. The van der Waals surface area contributed by atoms with E-state index in [-0.39, 0.29) is 18.7 Å². The van der Waals surface area contributed by atoms with Gasteiger partial charge in [0.25, 0.3) is 0 Å². The highest BCUT2D eigenvalue weighted by Crippen LogP contribution is 2.28. The minimum Gasteiger partial charge on any atom is -0.473 e. The second-order valence-electron chi connectivity index (χ2n) is 9.17. The number of amides is 1. The Labute approximate surface area is 182 Å². The summed E-state index contributed by atoms with van der Waals surface area (Å²) in [5.41, 5.74) is 0.193. The smallest absolute Gasteiger partial charge is 0.410 e. The predicted molar refractivity (Wildman–Crippen MR) is 113 cm³/mol. The van der Waals surface area contributed by atoms with Crippen LogP contribution in [0.4, 0.5) is 13.6 Å². The molecule has 1 aliphatic carbocycles. The van der Waals surface area contributed by atoms with Gasteiger partial charge in [-0.3, -0.25) is 0 Å². The zero-order valence-electron chi connectivity index (χ0n) is 18.7. The van der Waals surface area contributed by atoms with E-state index in [9.17, 15) is 13.6 Å². The topological polar surface area (TPSA) is 56.6 Å². The van der Waals surface area contributed by atoms with E-state index in [1.54, 1.807) is 17.8 Å². The SMILES string of the molecule is CN(Cc1cc(OCc2cc(F)ccc2F)n(CC2CCCC2)n1)C(=O)OC(C)(C)C. The summed E-state index contributed by atoms with van der Waals surface area (Å²) in [6, 6.07) is 5.04. The molecule has 1 amide bonds. The maximum absolute atomic E-state index is 14.0. The zero-order chi connectivity index (χ0) is 22.6. The Hall–Kier alpha value is -2.64. The van der Waals surface area contributed by atoms with Crippen molar-refractivity contribution in [2.75, 3.05) is 7.05 Å². The Morgan fingerprint density at radius 2 is 1.94 bits per heavy atom. The largest absolute Gasteiger partial charge is 0.473 e. The lowest BCUT2D eigenvalue weighted by Gasteiger charge is -2.24. The normalized spacial score (nSPS) is 14.6. The summed E-state index contributed by atoms with van der Waals surface area (Å²) in [6.07, 6.45) is 4.22. The van der Waals surface area contributed by atoms with E-state index in [1.807, 2.05) is 20.8 Å². The summed E-state index contributed by atoms with van der Waals surface area (Å²) in [6.45, 7) is 6.27. The van der Waals surface area contributed by atoms with Crippen LogP contribution >= 0.6 is 0 Å². The molecule has 1 aromatic carbocycles. The summed E-state index contributed by atoms with van der Waals surface area (Å²) in [5.74, 6) is -0.0555. The first-order valence-electron chi connectivity index (χ1n) is 10.7. The number of hydrogen-bond donors (Lipinski definition) is 0. The number of halogens is 2. The molecule has 0 aliphatic heterocycles. The Kier molecular flexibility index (Phi) is 7.18. The molecule has 0 spiro atoms. The maximum atomic E-state index is 14.0. The first-order valence-corrected chi connectivity index (χ1v) is 10.7. The Morgan fingerprint density at radius 3 is 2.61 bits per heavy atom. The van der Waals surface area contributed by atoms with Gasteiger partial charge in [0.15, 0.2) is 0 Å². The van der Waals surface area contributed by atoms with E-state index < -0.39 is 23.3 Å². The van der Waals surface area contributed by atoms with Crippen LogP contribution in [-0.4, -0.2) is 33.4 Å². The maximum Gasteiger partial charge on any atom is 0.410 e. The molecule has 0 radical (unpaired) electrons. The van der Waals surface area contributed by atoms with Gasteiger partial charge in [-0.1, -0.05) is 12.8 Å². The van der Waals surface area contributed by atoms with Gasteiger partial charge >= 0.3 is 6.09 Å². The fourth-order valence-corrected chi connectivity index (χ4v) is 3.66. The van der Waals surface area contributed by atoms with Crippen molar-refractivity contribution in [2.24, 2.45) is 5.92 Å². The van der Waals surface area contributed by atoms with Crippen molar-refractivity contribution in [2.45, 2.75) is 71.8 Å². The van der Waals surface area contributed by atoms with Crippen LogP contribution in [0, 0.1) is 17.6 Å². The molecule has 1 aliphatic rings. The molecule has 0 N–H and O–H groups in total. The van der Waals surface area contributed by atoms with Crippen molar-refractivity contribution in [3.05, 3.63) is 47.2 Å². The lowest BCUT2D eigenvalue weighted by Crippen LogP contribution is -2.33. The lowest BCUT2D eigenvalue weighted by atomic mass is 10.1. The monoisotopic (exact) mass is 435 g/mol. The quantitative estimate of drug-likeness (QED) is 0.592. The molecule has 8 heteroatoms. The van der Waals surface area contributed by atoms with Crippen molar-refractivity contribution >= 4 is 6.09 Å². The van der Waals surface area contributed by atoms with E-state index >= 15 is 0 Å². The molecule has 6 nitrogen and oxygen atoms in total. The van der Waals surface area contributed by atoms with Crippen LogP contribution in [0.5, 0.6) is 5.88 Å². The average Bonchev–Trinajstić information content (AvgIpc) is 3.31. The van der Waals surface area contributed by atoms with Crippen LogP contribution in [0.3, 0.4) is 0 Å². The molecule has 1 saturated carbocycles. The molecule has 0 unspecified atom stereocenters. The van der Waals surface area contributed by atoms with E-state index in [4.69, 9.17) is 9.47 Å². The molecule has 0 atom stereocenters. The summed E-state index contributed by atoms with van der Waals surface area (Å²) < 4.78 is 40.4. The van der Waals surface area contributed by atoms with Gasteiger partial charge in [0.05, 0.1) is 12.2 Å². The minimum atomic E-state index is -0.587. The fourth-order valence-electron chi connectivity index (χ4n) is 3.66. The van der Waals surface area contributed by atoms with Crippen molar-refractivity contribution < 1.29 is 23.0 Å². The minimum absolute atomic E-state index is 0.110. The highest BCUT2D eigenvalue weighted by Gasteiger charge is 2.23. The highest BCUT2D eigenvalue weighted by molar-refractivity contribution is 5.67. The molecule has 3 rings (SSSR count). The number of carbonyl (C=O) groups excluding carboxylic acids is 1.